The van der Waals surface area contributed by atoms with E-state index >= 15 is 0 Å². The molecular weight excluding hydrogens is 374 g/mol. The third-order valence-electron chi connectivity index (χ3n) is 5.62. The van der Waals surface area contributed by atoms with E-state index in [0.717, 1.165) is 68.9 Å². The SMILES string of the molecule is CCCc1c(C(=O)N2CCCN(Cc3ccncc3)CC2)cnn1-c1ccccc1. The highest BCUT2D eigenvalue weighted by molar-refractivity contribution is 5.95. The largest absolute Gasteiger partial charge is 0.337 e. The Hall–Kier alpha value is -2.99. The van der Waals surface area contributed by atoms with Crippen molar-refractivity contribution in [2.24, 2.45) is 0 Å². The van der Waals surface area contributed by atoms with Gasteiger partial charge in [-0.25, -0.2) is 4.68 Å². The van der Waals surface area contributed by atoms with E-state index in [-0.39, 0.29) is 5.91 Å². The van der Waals surface area contributed by atoms with Gasteiger partial charge in [0.15, 0.2) is 0 Å². The number of benzene rings is 1. The van der Waals surface area contributed by atoms with Gasteiger partial charge in [-0.15, -0.1) is 0 Å². The molecule has 0 saturated carbocycles. The van der Waals surface area contributed by atoms with Crippen LogP contribution in [0.5, 0.6) is 0 Å². The third kappa shape index (κ3) is 4.60. The number of amides is 1. The van der Waals surface area contributed by atoms with Gasteiger partial charge in [0.2, 0.25) is 0 Å². The van der Waals surface area contributed by atoms with Crippen LogP contribution in [0.25, 0.3) is 5.69 Å². The fraction of sp³-hybridized carbons (Fsp3) is 0.375. The maximum atomic E-state index is 13.4. The van der Waals surface area contributed by atoms with Crippen molar-refractivity contribution in [2.45, 2.75) is 32.7 Å². The maximum absolute atomic E-state index is 13.4. The summed E-state index contributed by atoms with van der Waals surface area (Å²) in [5.41, 5.74) is 4.01. The highest BCUT2D eigenvalue weighted by atomic mass is 16.2. The summed E-state index contributed by atoms with van der Waals surface area (Å²) < 4.78 is 1.92. The fourth-order valence-corrected chi connectivity index (χ4v) is 4.07. The van der Waals surface area contributed by atoms with Gasteiger partial charge in [0, 0.05) is 45.1 Å². The number of carbonyl (C=O) groups excluding carboxylic acids is 1. The molecule has 3 aromatic rings. The molecule has 1 aliphatic rings. The smallest absolute Gasteiger partial charge is 0.257 e. The summed E-state index contributed by atoms with van der Waals surface area (Å²) >= 11 is 0. The average Bonchev–Trinajstić information content (AvgIpc) is 3.06. The number of nitrogens with zero attached hydrogens (tertiary/aromatic N) is 5. The van der Waals surface area contributed by atoms with Crippen molar-refractivity contribution in [3.8, 4) is 5.69 Å². The Kier molecular flexibility index (Phi) is 6.54. The lowest BCUT2D eigenvalue weighted by Crippen LogP contribution is -2.35. The van der Waals surface area contributed by atoms with Crippen LogP contribution in [0.2, 0.25) is 0 Å². The van der Waals surface area contributed by atoms with Gasteiger partial charge in [0.05, 0.1) is 23.1 Å². The van der Waals surface area contributed by atoms with Crippen LogP contribution < -0.4 is 0 Å². The molecule has 1 aliphatic heterocycles. The van der Waals surface area contributed by atoms with E-state index in [9.17, 15) is 4.79 Å². The highest BCUT2D eigenvalue weighted by Crippen LogP contribution is 2.19. The van der Waals surface area contributed by atoms with Gasteiger partial charge < -0.3 is 4.90 Å². The zero-order chi connectivity index (χ0) is 20.8. The molecular formula is C24H29N5O. The van der Waals surface area contributed by atoms with Crippen molar-refractivity contribution in [1.82, 2.24) is 24.6 Å². The first kappa shape index (κ1) is 20.3. The first-order chi connectivity index (χ1) is 14.8. The molecule has 1 amide bonds. The van der Waals surface area contributed by atoms with Crippen LogP contribution in [0.1, 0.15) is 41.4 Å². The van der Waals surface area contributed by atoms with Gasteiger partial charge in [-0.05, 0) is 42.7 Å². The Labute approximate surface area is 178 Å². The minimum atomic E-state index is 0.103. The molecule has 30 heavy (non-hydrogen) atoms. The van der Waals surface area contributed by atoms with Crippen molar-refractivity contribution >= 4 is 5.91 Å². The van der Waals surface area contributed by atoms with Gasteiger partial charge in [-0.3, -0.25) is 14.7 Å². The van der Waals surface area contributed by atoms with Crippen molar-refractivity contribution in [2.75, 3.05) is 26.2 Å². The van der Waals surface area contributed by atoms with Crippen molar-refractivity contribution in [1.29, 1.82) is 0 Å². The van der Waals surface area contributed by atoms with E-state index in [1.54, 1.807) is 6.20 Å². The maximum Gasteiger partial charge on any atom is 0.257 e. The third-order valence-corrected chi connectivity index (χ3v) is 5.62. The topological polar surface area (TPSA) is 54.3 Å². The molecule has 1 aromatic carbocycles. The first-order valence-electron chi connectivity index (χ1n) is 10.8. The lowest BCUT2D eigenvalue weighted by atomic mass is 10.1. The van der Waals surface area contributed by atoms with E-state index in [2.05, 4.69) is 34.0 Å². The summed E-state index contributed by atoms with van der Waals surface area (Å²) in [7, 11) is 0. The molecule has 6 nitrogen and oxygen atoms in total. The standard InChI is InChI=1S/C24H29N5O/c1-2-7-23-22(18-26-29(23)21-8-4-3-5-9-21)24(30)28-15-6-14-27(16-17-28)19-20-10-12-25-13-11-20/h3-5,8-13,18H,2,6-7,14-17,19H2,1H3. The summed E-state index contributed by atoms with van der Waals surface area (Å²) in [5.74, 6) is 0.103. The van der Waals surface area contributed by atoms with E-state index in [1.807, 2.05) is 52.3 Å². The number of aromatic nitrogens is 3. The van der Waals surface area contributed by atoms with Crippen LogP contribution in [0, 0.1) is 0 Å². The molecule has 0 N–H and O–H groups in total. The molecule has 1 fully saturated rings. The van der Waals surface area contributed by atoms with Crippen molar-refractivity contribution in [3.05, 3.63) is 77.9 Å². The highest BCUT2D eigenvalue weighted by Gasteiger charge is 2.25. The molecule has 0 aliphatic carbocycles. The lowest BCUT2D eigenvalue weighted by molar-refractivity contribution is 0.0760. The van der Waals surface area contributed by atoms with E-state index in [1.165, 1.54) is 5.56 Å². The fourth-order valence-electron chi connectivity index (χ4n) is 4.07. The van der Waals surface area contributed by atoms with Crippen LogP contribution in [-0.4, -0.2) is 56.7 Å². The quantitative estimate of drug-likeness (QED) is 0.631. The van der Waals surface area contributed by atoms with E-state index in [0.29, 0.717) is 0 Å². The summed E-state index contributed by atoms with van der Waals surface area (Å²) in [4.78, 5) is 21.9. The monoisotopic (exact) mass is 403 g/mol. The second kappa shape index (κ2) is 9.67. The molecule has 2 aromatic heterocycles. The summed E-state index contributed by atoms with van der Waals surface area (Å²) in [6.45, 7) is 6.44. The van der Waals surface area contributed by atoms with Gasteiger partial charge in [0.25, 0.3) is 5.91 Å². The number of pyridine rings is 1. The minimum Gasteiger partial charge on any atom is -0.337 e. The van der Waals surface area contributed by atoms with Crippen LogP contribution in [-0.2, 0) is 13.0 Å². The Morgan fingerprint density at radius 2 is 1.80 bits per heavy atom. The lowest BCUT2D eigenvalue weighted by Gasteiger charge is -2.22. The Bertz CT molecular complexity index is 954. The molecule has 0 unspecified atom stereocenters. The van der Waals surface area contributed by atoms with Crippen molar-refractivity contribution in [3.63, 3.8) is 0 Å². The Balaban J connectivity index is 1.48. The van der Waals surface area contributed by atoms with Crippen LogP contribution in [0.4, 0.5) is 0 Å². The molecule has 0 bridgehead atoms. The van der Waals surface area contributed by atoms with Gasteiger partial charge >= 0.3 is 0 Å². The first-order valence-corrected chi connectivity index (χ1v) is 10.8. The predicted octanol–water partition coefficient (Wildman–Crippen LogP) is 3.57. The number of carbonyl (C=O) groups is 1. The molecule has 3 heterocycles. The van der Waals surface area contributed by atoms with Gasteiger partial charge in [0.1, 0.15) is 0 Å². The van der Waals surface area contributed by atoms with Gasteiger partial charge in [-0.1, -0.05) is 31.5 Å². The molecule has 156 valence electrons. The summed E-state index contributed by atoms with van der Waals surface area (Å²) in [6, 6.07) is 14.2. The van der Waals surface area contributed by atoms with Crippen LogP contribution in [0.15, 0.2) is 61.1 Å². The number of rotatable bonds is 6. The second-order valence-electron chi connectivity index (χ2n) is 7.78. The second-order valence-corrected chi connectivity index (χ2v) is 7.78. The summed E-state index contributed by atoms with van der Waals surface area (Å²) in [6.07, 6.45) is 8.20. The zero-order valence-electron chi connectivity index (χ0n) is 17.6. The average molecular weight is 404 g/mol. The number of para-hydroxylation sites is 1. The predicted molar refractivity (Wildman–Crippen MR) is 118 cm³/mol. The van der Waals surface area contributed by atoms with Crippen LogP contribution in [0.3, 0.4) is 0 Å². The Morgan fingerprint density at radius 3 is 2.57 bits per heavy atom. The molecule has 4 rings (SSSR count). The summed E-state index contributed by atoms with van der Waals surface area (Å²) in [5, 5.41) is 4.57. The molecule has 0 atom stereocenters. The Morgan fingerprint density at radius 1 is 1.00 bits per heavy atom. The van der Waals surface area contributed by atoms with Crippen molar-refractivity contribution < 1.29 is 4.79 Å². The number of hydrogen-bond acceptors (Lipinski definition) is 4. The molecule has 0 spiro atoms. The van der Waals surface area contributed by atoms with Crippen LogP contribution >= 0.6 is 0 Å². The van der Waals surface area contributed by atoms with E-state index < -0.39 is 0 Å². The zero-order valence-corrected chi connectivity index (χ0v) is 17.6. The minimum absolute atomic E-state index is 0.103. The van der Waals surface area contributed by atoms with E-state index in [4.69, 9.17) is 0 Å². The molecule has 1 saturated heterocycles. The molecule has 6 heteroatoms. The normalized spacial score (nSPS) is 15.2. The molecule has 0 radical (unpaired) electrons. The number of hydrogen-bond donors (Lipinski definition) is 0. The van der Waals surface area contributed by atoms with Gasteiger partial charge in [-0.2, -0.15) is 5.10 Å².